The number of benzene rings is 1. The third kappa shape index (κ3) is 3.24. The normalized spacial score (nSPS) is 21.6. The molecule has 4 heteroatoms. The van der Waals surface area contributed by atoms with Gasteiger partial charge < -0.3 is 10.1 Å². The number of hydrogen-bond donors (Lipinski definition) is 1. The minimum Gasteiger partial charge on any atom is -0.492 e. The number of hydrogen-bond acceptors (Lipinski definition) is 2. The van der Waals surface area contributed by atoms with Gasteiger partial charge in [-0.05, 0) is 42.9 Å². The van der Waals surface area contributed by atoms with Gasteiger partial charge in [-0.1, -0.05) is 44.0 Å². The molecule has 0 bridgehead atoms. The first-order valence-electron chi connectivity index (χ1n) is 7.25. The Morgan fingerprint density at radius 2 is 1.95 bits per heavy atom. The molecule has 0 aromatic heterocycles. The molecule has 1 fully saturated rings. The van der Waals surface area contributed by atoms with Crippen LogP contribution in [-0.2, 0) is 0 Å². The molecule has 1 saturated carbocycles. The fraction of sp³-hybridized carbons (Fsp3) is 0.625. The second-order valence-corrected chi connectivity index (χ2v) is 6.89. The molecule has 112 valence electrons. The van der Waals surface area contributed by atoms with Crippen molar-refractivity contribution < 1.29 is 4.74 Å². The first kappa shape index (κ1) is 15.9. The van der Waals surface area contributed by atoms with Crippen molar-refractivity contribution in [1.29, 1.82) is 0 Å². The van der Waals surface area contributed by atoms with Crippen molar-refractivity contribution in [3.05, 3.63) is 27.7 Å². The zero-order chi connectivity index (χ0) is 14.9. The van der Waals surface area contributed by atoms with E-state index in [0.717, 1.165) is 17.1 Å². The predicted octanol–water partition coefficient (Wildman–Crippen LogP) is 5.09. The predicted molar refractivity (Wildman–Crippen MR) is 85.9 cm³/mol. The van der Waals surface area contributed by atoms with Gasteiger partial charge in [0.1, 0.15) is 5.75 Å². The maximum Gasteiger partial charge on any atom is 0.139 e. The minimum absolute atomic E-state index is 0.260. The van der Waals surface area contributed by atoms with Crippen LogP contribution in [0.1, 0.15) is 45.7 Å². The van der Waals surface area contributed by atoms with Gasteiger partial charge in [0.15, 0.2) is 0 Å². The lowest BCUT2D eigenvalue weighted by Crippen LogP contribution is -2.24. The maximum absolute atomic E-state index is 6.45. The summed E-state index contributed by atoms with van der Waals surface area (Å²) >= 11 is 12.8. The van der Waals surface area contributed by atoms with Crippen LogP contribution in [0.3, 0.4) is 0 Å². The van der Waals surface area contributed by atoms with Crippen LogP contribution >= 0.6 is 23.2 Å². The Morgan fingerprint density at radius 3 is 2.45 bits per heavy atom. The summed E-state index contributed by atoms with van der Waals surface area (Å²) in [5.41, 5.74) is 1.46. The van der Waals surface area contributed by atoms with E-state index in [9.17, 15) is 0 Å². The molecular formula is C16H23Cl2NO. The SMILES string of the molecule is CCNC(c1cc(Cl)c(OCC)cc1Cl)C1CC1(C)C. The Labute approximate surface area is 131 Å². The van der Waals surface area contributed by atoms with E-state index in [1.54, 1.807) is 0 Å². The highest BCUT2D eigenvalue weighted by Crippen LogP contribution is 2.58. The Bertz CT molecular complexity index is 488. The lowest BCUT2D eigenvalue weighted by Gasteiger charge is -2.22. The van der Waals surface area contributed by atoms with Gasteiger partial charge in [-0.2, -0.15) is 0 Å². The molecule has 1 aliphatic carbocycles. The molecule has 1 aromatic carbocycles. The van der Waals surface area contributed by atoms with Gasteiger partial charge in [0, 0.05) is 17.1 Å². The van der Waals surface area contributed by atoms with Crippen LogP contribution in [0, 0.1) is 11.3 Å². The van der Waals surface area contributed by atoms with Crippen molar-refractivity contribution >= 4 is 23.2 Å². The third-order valence-corrected chi connectivity index (χ3v) is 4.72. The summed E-state index contributed by atoms with van der Waals surface area (Å²) in [4.78, 5) is 0. The quantitative estimate of drug-likeness (QED) is 0.789. The highest BCUT2D eigenvalue weighted by Gasteiger charge is 2.50. The van der Waals surface area contributed by atoms with Gasteiger partial charge in [0.25, 0.3) is 0 Å². The highest BCUT2D eigenvalue weighted by molar-refractivity contribution is 6.34. The second kappa shape index (κ2) is 6.13. The number of rotatable bonds is 6. The summed E-state index contributed by atoms with van der Waals surface area (Å²) in [5.74, 6) is 1.27. The van der Waals surface area contributed by atoms with Crippen LogP contribution in [0.2, 0.25) is 10.0 Å². The molecule has 1 aromatic rings. The van der Waals surface area contributed by atoms with Crippen molar-refractivity contribution in [3.8, 4) is 5.75 Å². The Morgan fingerprint density at radius 1 is 1.30 bits per heavy atom. The zero-order valence-electron chi connectivity index (χ0n) is 12.6. The lowest BCUT2D eigenvalue weighted by atomic mass is 9.96. The maximum atomic E-state index is 6.45. The van der Waals surface area contributed by atoms with Gasteiger partial charge in [-0.25, -0.2) is 0 Å². The van der Waals surface area contributed by atoms with Gasteiger partial charge in [-0.3, -0.25) is 0 Å². The van der Waals surface area contributed by atoms with E-state index < -0.39 is 0 Å². The molecule has 2 atom stereocenters. The van der Waals surface area contributed by atoms with E-state index >= 15 is 0 Å². The Hall–Kier alpha value is -0.440. The molecule has 1 aliphatic rings. The molecule has 0 spiro atoms. The molecule has 2 nitrogen and oxygen atoms in total. The van der Waals surface area contributed by atoms with E-state index in [0.29, 0.717) is 28.7 Å². The average molecular weight is 316 g/mol. The number of ether oxygens (including phenoxy) is 1. The Kier molecular flexibility index (Phi) is 4.88. The van der Waals surface area contributed by atoms with E-state index in [1.165, 1.54) is 6.42 Å². The van der Waals surface area contributed by atoms with E-state index in [-0.39, 0.29) is 6.04 Å². The van der Waals surface area contributed by atoms with Crippen molar-refractivity contribution in [3.63, 3.8) is 0 Å². The van der Waals surface area contributed by atoms with Crippen LogP contribution in [-0.4, -0.2) is 13.2 Å². The van der Waals surface area contributed by atoms with Gasteiger partial charge in [0.05, 0.1) is 11.6 Å². The van der Waals surface area contributed by atoms with Crippen LogP contribution in [0.15, 0.2) is 12.1 Å². The molecule has 1 N–H and O–H groups in total. The molecule has 2 unspecified atom stereocenters. The molecule has 0 aliphatic heterocycles. The van der Waals surface area contributed by atoms with Crippen LogP contribution in [0.4, 0.5) is 0 Å². The fourth-order valence-corrected chi connectivity index (χ4v) is 3.31. The van der Waals surface area contributed by atoms with Crippen LogP contribution in [0.5, 0.6) is 5.75 Å². The topological polar surface area (TPSA) is 21.3 Å². The third-order valence-electron chi connectivity index (χ3n) is 4.10. The zero-order valence-corrected chi connectivity index (χ0v) is 14.1. The van der Waals surface area contributed by atoms with Crippen molar-refractivity contribution in [1.82, 2.24) is 5.32 Å². The fourth-order valence-electron chi connectivity index (χ4n) is 2.81. The summed E-state index contributed by atoms with van der Waals surface area (Å²) in [5, 5.41) is 4.91. The molecule has 2 rings (SSSR count). The lowest BCUT2D eigenvalue weighted by molar-refractivity contribution is 0.340. The molecule has 0 saturated heterocycles. The Balaban J connectivity index is 2.32. The van der Waals surface area contributed by atoms with E-state index in [4.69, 9.17) is 27.9 Å². The van der Waals surface area contributed by atoms with Crippen molar-refractivity contribution in [2.75, 3.05) is 13.2 Å². The molecular weight excluding hydrogens is 293 g/mol. The molecule has 20 heavy (non-hydrogen) atoms. The second-order valence-electron chi connectivity index (χ2n) is 6.07. The molecule has 0 radical (unpaired) electrons. The number of halogens is 2. The molecule has 0 heterocycles. The monoisotopic (exact) mass is 315 g/mol. The number of nitrogens with one attached hydrogen (secondary N) is 1. The summed E-state index contributed by atoms with van der Waals surface area (Å²) in [7, 11) is 0. The van der Waals surface area contributed by atoms with Crippen molar-refractivity contribution in [2.24, 2.45) is 11.3 Å². The largest absolute Gasteiger partial charge is 0.492 e. The first-order valence-corrected chi connectivity index (χ1v) is 8.01. The van der Waals surface area contributed by atoms with Crippen LogP contribution in [0.25, 0.3) is 0 Å². The summed E-state index contributed by atoms with van der Waals surface area (Å²) in [6, 6.07) is 4.05. The first-order chi connectivity index (χ1) is 9.40. The van der Waals surface area contributed by atoms with Crippen LogP contribution < -0.4 is 10.1 Å². The highest BCUT2D eigenvalue weighted by atomic mass is 35.5. The summed E-state index contributed by atoms with van der Waals surface area (Å²) in [6.07, 6.45) is 1.21. The van der Waals surface area contributed by atoms with Gasteiger partial charge in [-0.15, -0.1) is 0 Å². The van der Waals surface area contributed by atoms with E-state index in [1.807, 2.05) is 19.1 Å². The standard InChI is InChI=1S/C16H23Cl2NO/c1-5-19-15(11-9-16(11,3)4)10-7-13(18)14(20-6-2)8-12(10)17/h7-8,11,15,19H,5-6,9H2,1-4H3. The smallest absolute Gasteiger partial charge is 0.139 e. The van der Waals surface area contributed by atoms with Gasteiger partial charge in [0.2, 0.25) is 0 Å². The minimum atomic E-state index is 0.260. The summed E-state index contributed by atoms with van der Waals surface area (Å²) < 4.78 is 5.49. The molecule has 0 amide bonds. The summed E-state index contributed by atoms with van der Waals surface area (Å²) in [6.45, 7) is 10.1. The average Bonchev–Trinajstić information content (AvgIpc) is 3.00. The van der Waals surface area contributed by atoms with Crippen molar-refractivity contribution in [2.45, 2.75) is 40.2 Å². The van der Waals surface area contributed by atoms with Gasteiger partial charge >= 0.3 is 0 Å². The van der Waals surface area contributed by atoms with E-state index in [2.05, 4.69) is 26.1 Å².